The van der Waals surface area contributed by atoms with Gasteiger partial charge in [0.2, 0.25) is 11.8 Å². The van der Waals surface area contributed by atoms with Crippen molar-refractivity contribution in [2.24, 2.45) is 0 Å². The molecule has 2 unspecified atom stereocenters. The van der Waals surface area contributed by atoms with Gasteiger partial charge in [-0.2, -0.15) is 4.98 Å². The summed E-state index contributed by atoms with van der Waals surface area (Å²) in [6, 6.07) is 20.0. The number of methoxy groups -OCH3 is 1. The number of nitrogens with zero attached hydrogens (tertiary/aromatic N) is 3. The van der Waals surface area contributed by atoms with Crippen molar-refractivity contribution in [2.75, 3.05) is 25.5 Å². The van der Waals surface area contributed by atoms with Crippen LogP contribution >= 0.6 is 11.6 Å². The molecule has 0 radical (unpaired) electrons. The summed E-state index contributed by atoms with van der Waals surface area (Å²) in [4.78, 5) is 11.2. The van der Waals surface area contributed by atoms with Crippen molar-refractivity contribution >= 4 is 17.5 Å². The lowest BCUT2D eigenvalue weighted by Gasteiger charge is -2.42. The maximum atomic E-state index is 6.99. The van der Waals surface area contributed by atoms with Crippen LogP contribution in [-0.2, 0) is 5.41 Å². The molecule has 0 saturated carbocycles. The minimum Gasteiger partial charge on any atom is -0.481 e. The molecule has 1 aromatic heterocycles. The van der Waals surface area contributed by atoms with Crippen LogP contribution < -0.4 is 10.1 Å². The van der Waals surface area contributed by atoms with Crippen molar-refractivity contribution in [3.8, 4) is 5.88 Å². The highest BCUT2D eigenvalue weighted by molar-refractivity contribution is 6.20. The maximum absolute atomic E-state index is 6.99. The highest BCUT2D eigenvalue weighted by atomic mass is 35.5. The fraction of sp³-hybridized carbons (Fsp3) is 0.385. The van der Waals surface area contributed by atoms with E-state index in [0.717, 1.165) is 32.4 Å². The number of hydrogen-bond donors (Lipinski definition) is 1. The zero-order valence-corrected chi connectivity index (χ0v) is 18.9. The molecule has 6 heteroatoms. The van der Waals surface area contributed by atoms with Crippen LogP contribution in [0.15, 0.2) is 60.8 Å². The molecule has 0 amide bonds. The summed E-state index contributed by atoms with van der Waals surface area (Å²) in [5, 5.41) is 3.45. The number of benzene rings is 2. The van der Waals surface area contributed by atoms with Gasteiger partial charge in [-0.05, 0) is 41.5 Å². The van der Waals surface area contributed by atoms with Crippen molar-refractivity contribution in [3.05, 3.63) is 83.0 Å². The predicted octanol–water partition coefficient (Wildman–Crippen LogP) is 4.76. The summed E-state index contributed by atoms with van der Waals surface area (Å²) < 4.78 is 5.22. The Bertz CT molecular complexity index is 1100. The minimum atomic E-state index is -0.0276. The number of ether oxygens (including phenoxy) is 1. The molecule has 0 spiro atoms. The number of hydrogen-bond acceptors (Lipinski definition) is 5. The average Bonchev–Trinajstić information content (AvgIpc) is 3.33. The molecule has 5 nitrogen and oxygen atoms in total. The first-order valence-corrected chi connectivity index (χ1v) is 11.8. The van der Waals surface area contributed by atoms with Crippen LogP contribution in [0.4, 0.5) is 5.95 Å². The van der Waals surface area contributed by atoms with Crippen molar-refractivity contribution in [1.29, 1.82) is 0 Å². The molecule has 3 aliphatic rings. The van der Waals surface area contributed by atoms with E-state index in [0.29, 0.717) is 17.7 Å². The number of fused-ring (bicyclic) bond motifs is 8. The van der Waals surface area contributed by atoms with Gasteiger partial charge in [-0.1, -0.05) is 48.5 Å². The van der Waals surface area contributed by atoms with Gasteiger partial charge in [0.05, 0.1) is 12.6 Å². The van der Waals surface area contributed by atoms with E-state index in [1.165, 1.54) is 22.3 Å². The van der Waals surface area contributed by atoms with E-state index < -0.39 is 0 Å². The number of alkyl halides is 1. The number of nitrogens with one attached hydrogen (secondary N) is 1. The molecule has 1 saturated heterocycles. The number of piperidine rings is 1. The SMILES string of the molecule is COc1ccnc(NC2CCN(CC34CC(c5ccccc53)c3ccccc34)C(Cl)C2)n1. The zero-order valence-electron chi connectivity index (χ0n) is 18.2. The van der Waals surface area contributed by atoms with E-state index in [2.05, 4.69) is 68.7 Å². The Balaban J connectivity index is 1.22. The number of halogens is 1. The smallest absolute Gasteiger partial charge is 0.226 e. The van der Waals surface area contributed by atoms with Crippen LogP contribution in [0, 0.1) is 0 Å². The van der Waals surface area contributed by atoms with Gasteiger partial charge in [0.1, 0.15) is 0 Å². The Kier molecular flexibility index (Phi) is 4.85. The van der Waals surface area contributed by atoms with Gasteiger partial charge in [0.15, 0.2) is 0 Å². The monoisotopic (exact) mass is 446 g/mol. The lowest BCUT2D eigenvalue weighted by molar-refractivity contribution is 0.162. The largest absolute Gasteiger partial charge is 0.481 e. The minimum absolute atomic E-state index is 0.0276. The van der Waals surface area contributed by atoms with E-state index in [9.17, 15) is 0 Å². The predicted molar refractivity (Wildman–Crippen MR) is 127 cm³/mol. The quantitative estimate of drug-likeness (QED) is 0.452. The molecule has 3 aromatic rings. The topological polar surface area (TPSA) is 50.3 Å². The third-order valence-electron chi connectivity index (χ3n) is 7.54. The number of rotatable bonds is 5. The van der Waals surface area contributed by atoms with Gasteiger partial charge < -0.3 is 10.1 Å². The zero-order chi connectivity index (χ0) is 21.7. The molecule has 2 atom stereocenters. The molecule has 1 N–H and O–H groups in total. The molecule has 164 valence electrons. The second kappa shape index (κ2) is 7.75. The Morgan fingerprint density at radius 2 is 1.81 bits per heavy atom. The van der Waals surface area contributed by atoms with Gasteiger partial charge in [-0.3, -0.25) is 4.90 Å². The van der Waals surface area contributed by atoms with E-state index in [1.54, 1.807) is 19.4 Å². The average molecular weight is 447 g/mol. The van der Waals surface area contributed by atoms with Crippen LogP contribution in [-0.4, -0.2) is 46.6 Å². The highest BCUT2D eigenvalue weighted by Crippen LogP contribution is 2.60. The van der Waals surface area contributed by atoms with Gasteiger partial charge in [0.25, 0.3) is 0 Å². The van der Waals surface area contributed by atoms with Gasteiger partial charge in [-0.25, -0.2) is 4.98 Å². The van der Waals surface area contributed by atoms with E-state index in [1.807, 2.05) is 0 Å². The fourth-order valence-electron chi connectivity index (χ4n) is 6.14. The summed E-state index contributed by atoms with van der Waals surface area (Å²) in [5.74, 6) is 1.68. The maximum Gasteiger partial charge on any atom is 0.226 e. The first-order chi connectivity index (χ1) is 15.7. The van der Waals surface area contributed by atoms with Gasteiger partial charge >= 0.3 is 0 Å². The summed E-state index contributed by atoms with van der Waals surface area (Å²) in [7, 11) is 1.62. The lowest BCUT2D eigenvalue weighted by Crippen LogP contribution is -2.49. The Hall–Kier alpha value is -2.63. The summed E-state index contributed by atoms with van der Waals surface area (Å²) >= 11 is 6.99. The molecule has 1 fully saturated rings. The number of likely N-dealkylation sites (tertiary alicyclic amines) is 1. The Labute approximate surface area is 193 Å². The fourth-order valence-corrected chi connectivity index (χ4v) is 6.52. The molecule has 32 heavy (non-hydrogen) atoms. The van der Waals surface area contributed by atoms with Crippen LogP contribution in [0.1, 0.15) is 47.4 Å². The van der Waals surface area contributed by atoms with Crippen LogP contribution in [0.3, 0.4) is 0 Å². The first-order valence-electron chi connectivity index (χ1n) is 11.4. The van der Waals surface area contributed by atoms with E-state index in [4.69, 9.17) is 16.3 Å². The number of anilines is 1. The third kappa shape index (κ3) is 3.10. The molecular weight excluding hydrogens is 420 g/mol. The molecular formula is C26H27ClN4O. The van der Waals surface area contributed by atoms with Crippen molar-refractivity contribution in [3.63, 3.8) is 0 Å². The summed E-state index contributed by atoms with van der Waals surface area (Å²) in [6.07, 6.45) is 4.73. The van der Waals surface area contributed by atoms with Crippen molar-refractivity contribution in [1.82, 2.24) is 14.9 Å². The Morgan fingerprint density at radius 1 is 1.09 bits per heavy atom. The molecule has 1 aliphatic heterocycles. The van der Waals surface area contributed by atoms with Crippen molar-refractivity contribution in [2.45, 2.75) is 42.1 Å². The molecule has 2 aromatic carbocycles. The van der Waals surface area contributed by atoms with Crippen LogP contribution in [0.5, 0.6) is 5.88 Å². The van der Waals surface area contributed by atoms with Crippen LogP contribution in [0.25, 0.3) is 0 Å². The molecule has 2 aliphatic carbocycles. The van der Waals surface area contributed by atoms with Gasteiger partial charge in [0, 0.05) is 42.7 Å². The number of aromatic nitrogens is 2. The van der Waals surface area contributed by atoms with Gasteiger partial charge in [-0.15, -0.1) is 11.6 Å². The molecule has 6 rings (SSSR count). The van der Waals surface area contributed by atoms with Crippen LogP contribution in [0.2, 0.25) is 0 Å². The Morgan fingerprint density at radius 3 is 2.50 bits per heavy atom. The normalized spacial score (nSPS) is 28.2. The van der Waals surface area contributed by atoms with E-state index in [-0.39, 0.29) is 17.0 Å². The van der Waals surface area contributed by atoms with E-state index >= 15 is 0 Å². The summed E-state index contributed by atoms with van der Waals surface area (Å²) in [5.41, 5.74) is 6.02. The third-order valence-corrected chi connectivity index (χ3v) is 8.00. The first kappa shape index (κ1) is 20.0. The summed E-state index contributed by atoms with van der Waals surface area (Å²) in [6.45, 7) is 1.92. The lowest BCUT2D eigenvalue weighted by atomic mass is 9.74. The molecule has 2 bridgehead atoms. The molecule has 2 heterocycles. The highest BCUT2D eigenvalue weighted by Gasteiger charge is 2.53. The van der Waals surface area contributed by atoms with Crippen molar-refractivity contribution < 1.29 is 4.74 Å². The standard InChI is InChI=1S/C26H27ClN4O/c1-32-24-10-12-28-25(30-24)29-17-11-13-31(23(27)14-17)16-26-15-20(18-6-2-4-8-21(18)26)19-7-3-5-9-22(19)26/h2-10,12,17,20,23H,11,13-16H2,1H3,(H,28,29,30). The second-order valence-electron chi connectivity index (χ2n) is 9.21. The second-order valence-corrected chi connectivity index (χ2v) is 9.71.